The van der Waals surface area contributed by atoms with E-state index in [4.69, 9.17) is 9.47 Å². The molecule has 2 heterocycles. The molecule has 2 aromatic rings. The first-order valence-electron chi connectivity index (χ1n) is 6.55. The zero-order valence-corrected chi connectivity index (χ0v) is 11.7. The minimum atomic E-state index is -0.738. The smallest absolute Gasteiger partial charge is 0.328 e. The van der Waals surface area contributed by atoms with Crippen molar-refractivity contribution in [2.75, 3.05) is 18.5 Å². The minimum Gasteiger partial charge on any atom is -0.486 e. The van der Waals surface area contributed by atoms with E-state index in [0.29, 0.717) is 30.4 Å². The molecule has 3 rings (SSSR count). The van der Waals surface area contributed by atoms with E-state index in [1.165, 1.54) is 13.2 Å². The maximum Gasteiger partial charge on any atom is 0.328 e. The third kappa shape index (κ3) is 2.58. The van der Waals surface area contributed by atoms with Crippen molar-refractivity contribution < 1.29 is 14.3 Å². The first kappa shape index (κ1) is 13.9. The normalized spacial score (nSPS) is 12.8. The lowest BCUT2D eigenvalue weighted by atomic mass is 10.2. The van der Waals surface area contributed by atoms with E-state index >= 15 is 0 Å². The summed E-state index contributed by atoms with van der Waals surface area (Å²) in [5.74, 6) is 0.510. The fraction of sp³-hybridized carbons (Fsp3) is 0.214. The molecule has 2 N–H and O–H groups in total. The molecule has 1 aromatic carbocycles. The quantitative estimate of drug-likeness (QED) is 0.819. The Kier molecular flexibility index (Phi) is 3.42. The number of hydrogen-bond donors (Lipinski definition) is 2. The van der Waals surface area contributed by atoms with Gasteiger partial charge in [-0.25, -0.2) is 4.79 Å². The van der Waals surface area contributed by atoms with Crippen LogP contribution in [0.4, 0.5) is 5.69 Å². The highest BCUT2D eigenvalue weighted by Crippen LogP contribution is 2.32. The Morgan fingerprint density at radius 1 is 1.23 bits per heavy atom. The van der Waals surface area contributed by atoms with E-state index in [1.807, 2.05) is 0 Å². The van der Waals surface area contributed by atoms with Gasteiger partial charge in [-0.3, -0.25) is 14.6 Å². The van der Waals surface area contributed by atoms with Crippen LogP contribution >= 0.6 is 0 Å². The number of hydrogen-bond acceptors (Lipinski definition) is 5. The topological polar surface area (TPSA) is 102 Å². The first-order valence-corrected chi connectivity index (χ1v) is 6.55. The van der Waals surface area contributed by atoms with Gasteiger partial charge in [0.2, 0.25) is 0 Å². The fourth-order valence-corrected chi connectivity index (χ4v) is 2.04. The molecule has 0 saturated heterocycles. The van der Waals surface area contributed by atoms with Gasteiger partial charge in [0.15, 0.2) is 11.5 Å². The number of amides is 1. The Labute approximate surface area is 124 Å². The number of anilines is 1. The molecule has 22 heavy (non-hydrogen) atoms. The van der Waals surface area contributed by atoms with Crippen LogP contribution in [0, 0.1) is 0 Å². The molecule has 1 amide bonds. The van der Waals surface area contributed by atoms with Crippen molar-refractivity contribution in [3.8, 4) is 11.5 Å². The largest absolute Gasteiger partial charge is 0.486 e. The molecule has 0 unspecified atom stereocenters. The zero-order chi connectivity index (χ0) is 15.7. The molecule has 1 aliphatic rings. The summed E-state index contributed by atoms with van der Waals surface area (Å²) in [7, 11) is 1.44. The highest BCUT2D eigenvalue weighted by Gasteiger charge is 2.15. The second-order valence-corrected chi connectivity index (χ2v) is 4.73. The third-order valence-corrected chi connectivity index (χ3v) is 3.15. The fourth-order valence-electron chi connectivity index (χ4n) is 2.04. The first-order chi connectivity index (χ1) is 10.5. The van der Waals surface area contributed by atoms with Crippen molar-refractivity contribution in [2.45, 2.75) is 0 Å². The number of aryl methyl sites for hydroxylation is 1. The summed E-state index contributed by atoms with van der Waals surface area (Å²) in [6.07, 6.45) is 1.19. The summed E-state index contributed by atoms with van der Waals surface area (Å²) in [6.45, 7) is 0.914. The number of benzene rings is 1. The molecular weight excluding hydrogens is 290 g/mol. The van der Waals surface area contributed by atoms with Gasteiger partial charge in [0.05, 0.1) is 0 Å². The monoisotopic (exact) mass is 303 g/mol. The standard InChI is InChI=1S/C14H13N3O5/c1-17-7-9(13(19)16-14(17)20)12(18)15-8-2-3-10-11(6-8)22-5-4-21-10/h2-3,6-7H,4-5H2,1H3,(H,15,18)(H,16,19,20). The number of H-pyrrole nitrogens is 1. The molecule has 1 aromatic heterocycles. The van der Waals surface area contributed by atoms with E-state index in [2.05, 4.69) is 10.3 Å². The van der Waals surface area contributed by atoms with Crippen LogP contribution in [0.5, 0.6) is 11.5 Å². The van der Waals surface area contributed by atoms with Crippen molar-refractivity contribution in [3.05, 3.63) is 50.8 Å². The average Bonchev–Trinajstić information content (AvgIpc) is 2.50. The number of aromatic amines is 1. The Morgan fingerprint density at radius 3 is 2.73 bits per heavy atom. The molecule has 0 spiro atoms. The van der Waals surface area contributed by atoms with Gasteiger partial charge in [-0.15, -0.1) is 0 Å². The summed E-state index contributed by atoms with van der Waals surface area (Å²) >= 11 is 0. The van der Waals surface area contributed by atoms with Crippen molar-refractivity contribution in [1.29, 1.82) is 0 Å². The number of nitrogens with one attached hydrogen (secondary N) is 2. The molecule has 0 fully saturated rings. The number of carbonyl (C=O) groups is 1. The van der Waals surface area contributed by atoms with Crippen LogP contribution < -0.4 is 26.0 Å². The third-order valence-electron chi connectivity index (χ3n) is 3.15. The van der Waals surface area contributed by atoms with E-state index in [0.717, 1.165) is 4.57 Å². The van der Waals surface area contributed by atoms with Gasteiger partial charge >= 0.3 is 5.69 Å². The summed E-state index contributed by atoms with van der Waals surface area (Å²) < 4.78 is 11.9. The van der Waals surface area contributed by atoms with Crippen molar-refractivity contribution >= 4 is 11.6 Å². The second-order valence-electron chi connectivity index (χ2n) is 4.73. The summed E-state index contributed by atoms with van der Waals surface area (Å²) in [5, 5.41) is 2.59. The molecule has 114 valence electrons. The molecule has 8 nitrogen and oxygen atoms in total. The molecule has 0 aliphatic carbocycles. The van der Waals surface area contributed by atoms with Gasteiger partial charge in [-0.05, 0) is 12.1 Å². The maximum atomic E-state index is 12.1. The van der Waals surface area contributed by atoms with E-state index in [9.17, 15) is 14.4 Å². The van der Waals surface area contributed by atoms with Crippen LogP contribution in [0.1, 0.15) is 10.4 Å². The van der Waals surface area contributed by atoms with Gasteiger partial charge in [-0.1, -0.05) is 0 Å². The predicted octanol–water partition coefficient (Wildman–Crippen LogP) is 0.0971. The second kappa shape index (κ2) is 5.40. The highest BCUT2D eigenvalue weighted by atomic mass is 16.6. The van der Waals surface area contributed by atoms with Gasteiger partial charge in [-0.2, -0.15) is 0 Å². The van der Waals surface area contributed by atoms with Gasteiger partial charge in [0.1, 0.15) is 18.8 Å². The van der Waals surface area contributed by atoms with Crippen LogP contribution in [0.3, 0.4) is 0 Å². The number of rotatable bonds is 2. The summed E-state index contributed by atoms with van der Waals surface area (Å²) in [4.78, 5) is 37.2. The summed E-state index contributed by atoms with van der Waals surface area (Å²) in [6, 6.07) is 4.93. The lowest BCUT2D eigenvalue weighted by molar-refractivity contribution is 0.102. The SMILES string of the molecule is Cn1cc(C(=O)Nc2ccc3c(c2)OCCO3)c(=O)[nH]c1=O. The minimum absolute atomic E-state index is 0.156. The number of carbonyl (C=O) groups excluding carboxylic acids is 1. The Hall–Kier alpha value is -3.03. The number of fused-ring (bicyclic) bond motifs is 1. The number of aromatic nitrogens is 2. The van der Waals surface area contributed by atoms with Crippen LogP contribution in [0.15, 0.2) is 34.0 Å². The molecule has 1 aliphatic heterocycles. The maximum absolute atomic E-state index is 12.1. The lowest BCUT2D eigenvalue weighted by Crippen LogP contribution is -2.33. The molecular formula is C14H13N3O5. The molecule has 0 saturated carbocycles. The highest BCUT2D eigenvalue weighted by molar-refractivity contribution is 6.03. The Bertz CT molecular complexity index is 852. The van der Waals surface area contributed by atoms with E-state index in [-0.39, 0.29) is 5.56 Å². The van der Waals surface area contributed by atoms with Gasteiger partial charge < -0.3 is 19.4 Å². The Balaban J connectivity index is 1.87. The lowest BCUT2D eigenvalue weighted by Gasteiger charge is -2.18. The van der Waals surface area contributed by atoms with Crippen molar-refractivity contribution in [1.82, 2.24) is 9.55 Å². The van der Waals surface area contributed by atoms with Gasteiger partial charge in [0, 0.05) is 25.0 Å². The van der Waals surface area contributed by atoms with Crippen LogP contribution in [-0.2, 0) is 7.05 Å². The molecule has 0 bridgehead atoms. The number of nitrogens with zero attached hydrogens (tertiary/aromatic N) is 1. The summed E-state index contributed by atoms with van der Waals surface area (Å²) in [5.41, 5.74) is -1.02. The molecule has 8 heteroatoms. The van der Waals surface area contributed by atoms with Crippen molar-refractivity contribution in [2.24, 2.45) is 7.05 Å². The van der Waals surface area contributed by atoms with Gasteiger partial charge in [0.25, 0.3) is 11.5 Å². The predicted molar refractivity (Wildman–Crippen MR) is 77.7 cm³/mol. The molecule has 0 radical (unpaired) electrons. The van der Waals surface area contributed by atoms with Crippen LogP contribution in [-0.4, -0.2) is 28.7 Å². The number of ether oxygens (including phenoxy) is 2. The Morgan fingerprint density at radius 2 is 1.95 bits per heavy atom. The molecule has 0 atom stereocenters. The van der Waals surface area contributed by atoms with Crippen LogP contribution in [0.2, 0.25) is 0 Å². The van der Waals surface area contributed by atoms with E-state index < -0.39 is 17.2 Å². The van der Waals surface area contributed by atoms with Crippen LogP contribution in [0.25, 0.3) is 0 Å². The average molecular weight is 303 g/mol. The van der Waals surface area contributed by atoms with Crippen molar-refractivity contribution in [3.63, 3.8) is 0 Å². The van der Waals surface area contributed by atoms with E-state index in [1.54, 1.807) is 18.2 Å². The zero-order valence-electron chi connectivity index (χ0n) is 11.7.